The topological polar surface area (TPSA) is 54.3 Å². The molecule has 0 spiro atoms. The van der Waals surface area contributed by atoms with Crippen LogP contribution in [0.3, 0.4) is 0 Å². The molecule has 0 saturated heterocycles. The molecule has 2 unspecified atom stereocenters. The van der Waals surface area contributed by atoms with Crippen molar-refractivity contribution < 1.29 is 9.47 Å². The molecule has 0 aliphatic carbocycles. The van der Waals surface area contributed by atoms with Gasteiger partial charge in [-0.25, -0.2) is 0 Å². The summed E-state index contributed by atoms with van der Waals surface area (Å²) in [5.41, 5.74) is 0.676. The van der Waals surface area contributed by atoms with Crippen LogP contribution in [0.5, 0.6) is 11.5 Å². The van der Waals surface area contributed by atoms with E-state index in [1.165, 1.54) is 0 Å². The molecule has 3 rings (SSSR count). The lowest BCUT2D eigenvalue weighted by molar-refractivity contribution is 0.0904. The second-order valence-electron chi connectivity index (χ2n) is 7.41. The van der Waals surface area contributed by atoms with E-state index >= 15 is 0 Å². The highest BCUT2D eigenvalue weighted by Crippen LogP contribution is 2.36. The van der Waals surface area contributed by atoms with Crippen LogP contribution in [0.1, 0.15) is 32.3 Å². The third-order valence-corrected chi connectivity index (χ3v) is 5.34. The minimum Gasteiger partial charge on any atom is -0.486 e. The molecule has 150 valence electrons. The van der Waals surface area contributed by atoms with Gasteiger partial charge in [0.15, 0.2) is 11.5 Å². The van der Waals surface area contributed by atoms with Crippen LogP contribution in [-0.2, 0) is 5.41 Å². The van der Waals surface area contributed by atoms with E-state index in [0.717, 1.165) is 43.0 Å². The number of nitrogens with zero attached hydrogens (tertiary/aromatic N) is 1. The van der Waals surface area contributed by atoms with E-state index in [4.69, 9.17) is 9.47 Å². The first-order valence-electron chi connectivity index (χ1n) is 9.71. The van der Waals surface area contributed by atoms with Crippen molar-refractivity contribution in [2.24, 2.45) is 5.92 Å². The number of fused-ring (bicyclic) bond motifs is 1. The van der Waals surface area contributed by atoms with Crippen molar-refractivity contribution in [1.82, 2.24) is 5.32 Å². The van der Waals surface area contributed by atoms with Crippen molar-refractivity contribution in [3.63, 3.8) is 0 Å². The van der Waals surface area contributed by atoms with Crippen LogP contribution in [0.2, 0.25) is 0 Å². The molecule has 0 radical (unpaired) electrons. The maximum atomic E-state index is 9.95. The highest BCUT2D eigenvalue weighted by atomic mass is 35.5. The number of para-hydroxylation sites is 2. The smallest absolute Gasteiger partial charge is 0.161 e. The summed E-state index contributed by atoms with van der Waals surface area (Å²) in [4.78, 5) is 0. The number of rotatable bonds is 8. The second-order valence-corrected chi connectivity index (χ2v) is 7.41. The summed E-state index contributed by atoms with van der Waals surface area (Å²) in [6.07, 6.45) is 1.79. The fourth-order valence-electron chi connectivity index (χ4n) is 3.67. The van der Waals surface area contributed by atoms with Crippen molar-refractivity contribution in [2.45, 2.75) is 38.2 Å². The van der Waals surface area contributed by atoms with Gasteiger partial charge in [0.05, 0.1) is 11.5 Å². The quantitative estimate of drug-likeness (QED) is 0.650. The van der Waals surface area contributed by atoms with Crippen molar-refractivity contribution in [3.8, 4) is 17.6 Å². The van der Waals surface area contributed by atoms with Gasteiger partial charge in [0.2, 0.25) is 0 Å². The predicted octanol–water partition coefficient (Wildman–Crippen LogP) is 4.74. The summed E-state index contributed by atoms with van der Waals surface area (Å²) in [6.45, 7) is 6.41. The molecule has 1 N–H and O–H groups in total. The zero-order valence-electron chi connectivity index (χ0n) is 16.6. The molecule has 5 heteroatoms. The van der Waals surface area contributed by atoms with Crippen molar-refractivity contribution in [2.75, 3.05) is 19.7 Å². The lowest BCUT2D eigenvalue weighted by Gasteiger charge is -2.31. The Labute approximate surface area is 174 Å². The normalized spacial score (nSPS) is 17.3. The number of hydrogen-bond donors (Lipinski definition) is 1. The van der Waals surface area contributed by atoms with Gasteiger partial charge in [0.25, 0.3) is 0 Å². The molecule has 0 amide bonds. The molecule has 0 fully saturated rings. The highest BCUT2D eigenvalue weighted by molar-refractivity contribution is 5.85. The third kappa shape index (κ3) is 4.98. The first-order chi connectivity index (χ1) is 13.2. The average molecular weight is 401 g/mol. The van der Waals surface area contributed by atoms with Gasteiger partial charge in [-0.15, -0.1) is 12.4 Å². The Kier molecular flexibility index (Phi) is 8.17. The fraction of sp³-hybridized carbons (Fsp3) is 0.435. The monoisotopic (exact) mass is 400 g/mol. The lowest BCUT2D eigenvalue weighted by atomic mass is 9.70. The van der Waals surface area contributed by atoms with Crippen LogP contribution in [-0.4, -0.2) is 25.8 Å². The van der Waals surface area contributed by atoms with Crippen molar-refractivity contribution in [3.05, 3.63) is 60.2 Å². The van der Waals surface area contributed by atoms with E-state index in [1.54, 1.807) is 0 Å². The molecule has 1 aliphatic rings. The van der Waals surface area contributed by atoms with E-state index in [9.17, 15) is 5.26 Å². The Hall–Kier alpha value is -2.22. The van der Waals surface area contributed by atoms with Gasteiger partial charge in [0.1, 0.15) is 12.7 Å². The van der Waals surface area contributed by atoms with Gasteiger partial charge in [0, 0.05) is 6.54 Å². The summed E-state index contributed by atoms with van der Waals surface area (Å²) < 4.78 is 11.7. The molecule has 2 aromatic rings. The van der Waals surface area contributed by atoms with Crippen molar-refractivity contribution in [1.29, 1.82) is 5.26 Å². The predicted molar refractivity (Wildman–Crippen MR) is 114 cm³/mol. The number of ether oxygens (including phenoxy) is 2. The second kappa shape index (κ2) is 10.4. The van der Waals surface area contributed by atoms with Gasteiger partial charge >= 0.3 is 0 Å². The molecule has 1 aliphatic heterocycles. The van der Waals surface area contributed by atoms with Gasteiger partial charge in [-0.05, 0) is 43.0 Å². The summed E-state index contributed by atoms with van der Waals surface area (Å²) in [5, 5.41) is 13.4. The molecule has 2 aromatic carbocycles. The standard InChI is InChI=1S/C23H28N2O2.ClH/c1-18(2)23(17-24,19-9-4-3-5-10-19)13-8-14-25-15-20-16-26-21-11-6-7-12-22(21)27-20;/h3-7,9-12,18,20,25H,8,13-16H2,1-2H3;1H. The van der Waals surface area contributed by atoms with Crippen LogP contribution in [0, 0.1) is 17.2 Å². The molecule has 0 bridgehead atoms. The molecule has 0 aromatic heterocycles. The number of nitrogens with one attached hydrogen (secondary N) is 1. The summed E-state index contributed by atoms with van der Waals surface area (Å²) in [7, 11) is 0. The highest BCUT2D eigenvalue weighted by Gasteiger charge is 2.35. The number of nitriles is 1. The van der Waals surface area contributed by atoms with Crippen LogP contribution in [0.4, 0.5) is 0 Å². The zero-order valence-corrected chi connectivity index (χ0v) is 17.4. The molecule has 2 atom stereocenters. The van der Waals surface area contributed by atoms with Crippen LogP contribution >= 0.6 is 12.4 Å². The van der Waals surface area contributed by atoms with E-state index in [1.807, 2.05) is 42.5 Å². The van der Waals surface area contributed by atoms with Crippen LogP contribution in [0.15, 0.2) is 54.6 Å². The van der Waals surface area contributed by atoms with E-state index in [-0.39, 0.29) is 24.4 Å². The zero-order chi connectivity index (χ0) is 19.1. The van der Waals surface area contributed by atoms with Crippen LogP contribution in [0.25, 0.3) is 0 Å². The first kappa shape index (κ1) is 22.1. The number of halogens is 1. The molecular formula is C23H29ClN2O2. The summed E-state index contributed by atoms with van der Waals surface area (Å²) >= 11 is 0. The van der Waals surface area contributed by atoms with E-state index in [2.05, 4.69) is 37.4 Å². The number of hydrogen-bond acceptors (Lipinski definition) is 4. The van der Waals surface area contributed by atoms with Gasteiger partial charge < -0.3 is 14.8 Å². The van der Waals surface area contributed by atoms with Gasteiger partial charge in [-0.2, -0.15) is 5.26 Å². The molecular weight excluding hydrogens is 372 g/mol. The molecule has 1 heterocycles. The van der Waals surface area contributed by atoms with E-state index < -0.39 is 5.41 Å². The summed E-state index contributed by atoms with van der Waals surface area (Å²) in [6, 6.07) is 20.5. The Morgan fingerprint density at radius 3 is 2.46 bits per heavy atom. The minimum atomic E-state index is -0.438. The maximum Gasteiger partial charge on any atom is 0.161 e. The Morgan fingerprint density at radius 1 is 1.11 bits per heavy atom. The third-order valence-electron chi connectivity index (χ3n) is 5.34. The summed E-state index contributed by atoms with van der Waals surface area (Å²) in [5.74, 6) is 1.88. The van der Waals surface area contributed by atoms with Gasteiger partial charge in [-0.3, -0.25) is 0 Å². The first-order valence-corrected chi connectivity index (χ1v) is 9.71. The minimum absolute atomic E-state index is 0. The fourth-order valence-corrected chi connectivity index (χ4v) is 3.67. The largest absolute Gasteiger partial charge is 0.486 e. The molecule has 28 heavy (non-hydrogen) atoms. The maximum absolute atomic E-state index is 9.95. The Balaban J connectivity index is 0.00000280. The SMILES string of the molecule is CC(C)C(C#N)(CCCNCC1COc2ccccc2O1)c1ccccc1.Cl. The number of benzene rings is 2. The van der Waals surface area contributed by atoms with Crippen LogP contribution < -0.4 is 14.8 Å². The molecule has 4 nitrogen and oxygen atoms in total. The average Bonchev–Trinajstić information content (AvgIpc) is 2.71. The Bertz CT molecular complexity index is 776. The van der Waals surface area contributed by atoms with Gasteiger partial charge in [-0.1, -0.05) is 56.3 Å². The van der Waals surface area contributed by atoms with E-state index in [0.29, 0.717) is 6.61 Å². The Morgan fingerprint density at radius 2 is 1.79 bits per heavy atom. The lowest BCUT2D eigenvalue weighted by Crippen LogP contribution is -2.39. The van der Waals surface area contributed by atoms with Crippen molar-refractivity contribution >= 4 is 12.4 Å². The molecule has 0 saturated carbocycles.